The van der Waals surface area contributed by atoms with Crippen LogP contribution in [0.4, 0.5) is 11.4 Å². The molecule has 0 unspecified atom stereocenters. The molecule has 0 fully saturated rings. The number of hydrogen-bond donors (Lipinski definition) is 2. The average Bonchev–Trinajstić information content (AvgIpc) is 2.96. The highest BCUT2D eigenvalue weighted by atomic mass is 16.1. The summed E-state index contributed by atoms with van der Waals surface area (Å²) in [4.78, 5) is 14.1. The van der Waals surface area contributed by atoms with E-state index in [-0.39, 0.29) is 5.91 Å². The van der Waals surface area contributed by atoms with Crippen molar-refractivity contribution in [2.75, 3.05) is 31.3 Å². The molecular formula is C14H20N6O. The fourth-order valence-electron chi connectivity index (χ4n) is 2.02. The third-order valence-electron chi connectivity index (χ3n) is 3.07. The number of hydrogen-bond acceptors (Lipinski definition) is 5. The molecule has 1 amide bonds. The number of amides is 1. The van der Waals surface area contributed by atoms with Crippen LogP contribution < -0.4 is 16.0 Å². The fraction of sp³-hybridized carbons (Fsp3) is 0.357. The summed E-state index contributed by atoms with van der Waals surface area (Å²) in [7, 11) is 3.79. The topological polar surface area (TPSA) is 89.1 Å². The minimum atomic E-state index is -0.121. The highest BCUT2D eigenvalue weighted by Gasteiger charge is 2.12. The monoisotopic (exact) mass is 288 g/mol. The number of rotatable bonds is 6. The molecule has 0 radical (unpaired) electrons. The first-order valence-electron chi connectivity index (χ1n) is 6.77. The van der Waals surface area contributed by atoms with E-state index in [1.165, 1.54) is 0 Å². The summed E-state index contributed by atoms with van der Waals surface area (Å²) in [5, 5.41) is 10.5. The number of aryl methyl sites for hydroxylation is 1. The summed E-state index contributed by atoms with van der Waals surface area (Å²) in [6, 6.07) is 5.33. The molecule has 1 heterocycles. The Morgan fingerprint density at radius 2 is 2.24 bits per heavy atom. The molecule has 0 saturated heterocycles. The lowest BCUT2D eigenvalue weighted by Crippen LogP contribution is -2.27. The van der Waals surface area contributed by atoms with E-state index in [1.807, 2.05) is 25.1 Å². The molecule has 7 heteroatoms. The molecule has 0 bridgehead atoms. The summed E-state index contributed by atoms with van der Waals surface area (Å²) < 4.78 is 1.73. The zero-order valence-corrected chi connectivity index (χ0v) is 12.3. The zero-order chi connectivity index (χ0) is 15.2. The smallest absolute Gasteiger partial charge is 0.253 e. The maximum absolute atomic E-state index is 12.3. The number of aromatic nitrogens is 3. The zero-order valence-electron chi connectivity index (χ0n) is 12.3. The Kier molecular flexibility index (Phi) is 4.76. The van der Waals surface area contributed by atoms with Gasteiger partial charge in [0.05, 0.1) is 11.8 Å². The van der Waals surface area contributed by atoms with Crippen LogP contribution in [-0.2, 0) is 6.54 Å². The van der Waals surface area contributed by atoms with Gasteiger partial charge >= 0.3 is 0 Å². The summed E-state index contributed by atoms with van der Waals surface area (Å²) in [6.07, 6.45) is 4.22. The number of nitrogen functional groups attached to an aromatic ring is 1. The molecule has 0 atom stereocenters. The van der Waals surface area contributed by atoms with Gasteiger partial charge in [0.25, 0.3) is 5.91 Å². The van der Waals surface area contributed by atoms with Crippen molar-refractivity contribution in [3.05, 3.63) is 36.2 Å². The molecule has 3 N–H and O–H groups in total. The first-order valence-corrected chi connectivity index (χ1v) is 6.77. The molecule has 1 aromatic carbocycles. The molecule has 0 aliphatic heterocycles. The van der Waals surface area contributed by atoms with Gasteiger partial charge in [-0.2, -0.15) is 0 Å². The minimum Gasteiger partial charge on any atom is -0.399 e. The summed E-state index contributed by atoms with van der Waals surface area (Å²) in [6.45, 7) is 1.29. The molecular weight excluding hydrogens is 268 g/mol. The van der Waals surface area contributed by atoms with Crippen molar-refractivity contribution >= 4 is 17.3 Å². The Morgan fingerprint density at radius 3 is 2.90 bits per heavy atom. The van der Waals surface area contributed by atoms with Crippen LogP contribution in [0.1, 0.15) is 16.8 Å². The highest BCUT2D eigenvalue weighted by Crippen LogP contribution is 2.21. The second kappa shape index (κ2) is 6.74. The minimum absolute atomic E-state index is 0.121. The molecule has 21 heavy (non-hydrogen) atoms. The van der Waals surface area contributed by atoms with Crippen LogP contribution in [-0.4, -0.2) is 41.5 Å². The van der Waals surface area contributed by atoms with E-state index in [0.717, 1.165) is 18.7 Å². The van der Waals surface area contributed by atoms with Crippen LogP contribution in [0, 0.1) is 0 Å². The molecule has 7 nitrogen and oxygen atoms in total. The van der Waals surface area contributed by atoms with Crippen molar-refractivity contribution in [1.82, 2.24) is 20.3 Å². The van der Waals surface area contributed by atoms with Crippen LogP contribution in [0.25, 0.3) is 0 Å². The van der Waals surface area contributed by atoms with Gasteiger partial charge < -0.3 is 16.0 Å². The van der Waals surface area contributed by atoms with Crippen molar-refractivity contribution in [1.29, 1.82) is 0 Å². The number of nitrogens with zero attached hydrogens (tertiary/aromatic N) is 4. The first-order chi connectivity index (χ1) is 10.1. The van der Waals surface area contributed by atoms with Gasteiger partial charge in [0, 0.05) is 44.8 Å². The van der Waals surface area contributed by atoms with E-state index in [4.69, 9.17) is 5.73 Å². The Bertz CT molecular complexity index is 594. The standard InChI is InChI=1S/C14H20N6O/c1-19(2)13-5-4-11(15)10-12(13)14(21)16-6-3-8-20-9-7-17-18-20/h4-5,7,9-10H,3,6,8,15H2,1-2H3,(H,16,21). The van der Waals surface area contributed by atoms with Gasteiger partial charge in [0.1, 0.15) is 0 Å². The number of benzene rings is 1. The molecule has 0 saturated carbocycles. The SMILES string of the molecule is CN(C)c1ccc(N)cc1C(=O)NCCCn1ccnn1. The van der Waals surface area contributed by atoms with Crippen LogP contribution in [0.2, 0.25) is 0 Å². The number of carbonyl (C=O) groups is 1. The number of nitrogens with two attached hydrogens (primary N) is 1. The Morgan fingerprint density at radius 1 is 1.43 bits per heavy atom. The summed E-state index contributed by atoms with van der Waals surface area (Å²) in [5.41, 5.74) is 7.77. The van der Waals surface area contributed by atoms with Crippen molar-refractivity contribution in [3.8, 4) is 0 Å². The second-order valence-corrected chi connectivity index (χ2v) is 4.95. The van der Waals surface area contributed by atoms with E-state index in [9.17, 15) is 4.79 Å². The van der Waals surface area contributed by atoms with Gasteiger partial charge in [-0.3, -0.25) is 9.48 Å². The van der Waals surface area contributed by atoms with Gasteiger partial charge in [-0.15, -0.1) is 5.10 Å². The number of carbonyl (C=O) groups excluding carboxylic acids is 1. The van der Waals surface area contributed by atoms with Gasteiger partial charge in [0.2, 0.25) is 0 Å². The van der Waals surface area contributed by atoms with Crippen LogP contribution in [0.3, 0.4) is 0 Å². The third kappa shape index (κ3) is 3.95. The van der Waals surface area contributed by atoms with Crippen LogP contribution >= 0.6 is 0 Å². The lowest BCUT2D eigenvalue weighted by molar-refractivity contribution is 0.0953. The maximum Gasteiger partial charge on any atom is 0.253 e. The predicted octanol–water partition coefficient (Wildman–Crippen LogP) is 0.746. The molecule has 112 valence electrons. The maximum atomic E-state index is 12.3. The van der Waals surface area contributed by atoms with Gasteiger partial charge in [0.15, 0.2) is 0 Å². The Labute approximate surface area is 123 Å². The largest absolute Gasteiger partial charge is 0.399 e. The Hall–Kier alpha value is -2.57. The van der Waals surface area contributed by atoms with Crippen LogP contribution in [0.15, 0.2) is 30.6 Å². The molecule has 2 aromatic rings. The molecule has 0 aliphatic rings. The van der Waals surface area contributed by atoms with E-state index in [2.05, 4.69) is 15.6 Å². The number of anilines is 2. The van der Waals surface area contributed by atoms with E-state index >= 15 is 0 Å². The average molecular weight is 288 g/mol. The molecule has 1 aromatic heterocycles. The third-order valence-corrected chi connectivity index (χ3v) is 3.07. The van der Waals surface area contributed by atoms with Crippen molar-refractivity contribution in [3.63, 3.8) is 0 Å². The van der Waals surface area contributed by atoms with Gasteiger partial charge in [-0.05, 0) is 24.6 Å². The lowest BCUT2D eigenvalue weighted by Gasteiger charge is -2.17. The van der Waals surface area contributed by atoms with Gasteiger partial charge in [-0.25, -0.2) is 0 Å². The lowest BCUT2D eigenvalue weighted by atomic mass is 10.1. The Balaban J connectivity index is 1.92. The summed E-state index contributed by atoms with van der Waals surface area (Å²) in [5.74, 6) is -0.121. The van der Waals surface area contributed by atoms with Crippen LogP contribution in [0.5, 0.6) is 0 Å². The van der Waals surface area contributed by atoms with Crippen molar-refractivity contribution < 1.29 is 4.79 Å². The van der Waals surface area contributed by atoms with Crippen molar-refractivity contribution in [2.45, 2.75) is 13.0 Å². The van der Waals surface area contributed by atoms with E-state index < -0.39 is 0 Å². The quantitative estimate of drug-likeness (QED) is 0.604. The van der Waals surface area contributed by atoms with E-state index in [1.54, 1.807) is 29.2 Å². The molecule has 0 spiro atoms. The highest BCUT2D eigenvalue weighted by molar-refractivity contribution is 6.00. The van der Waals surface area contributed by atoms with E-state index in [0.29, 0.717) is 17.8 Å². The normalized spacial score (nSPS) is 10.4. The van der Waals surface area contributed by atoms with Gasteiger partial charge in [-0.1, -0.05) is 5.21 Å². The number of nitrogens with one attached hydrogen (secondary N) is 1. The second-order valence-electron chi connectivity index (χ2n) is 4.95. The van der Waals surface area contributed by atoms with Crippen molar-refractivity contribution in [2.24, 2.45) is 0 Å². The first kappa shape index (κ1) is 14.8. The predicted molar refractivity (Wildman–Crippen MR) is 82.2 cm³/mol. The fourth-order valence-corrected chi connectivity index (χ4v) is 2.02. The molecule has 2 rings (SSSR count). The summed E-state index contributed by atoms with van der Waals surface area (Å²) >= 11 is 0. The molecule has 0 aliphatic carbocycles.